The van der Waals surface area contributed by atoms with Crippen molar-refractivity contribution in [2.45, 2.75) is 65.3 Å². The molecule has 1 saturated heterocycles. The number of nitrogens with zero attached hydrogens (tertiary/aromatic N) is 4. The van der Waals surface area contributed by atoms with E-state index in [-0.39, 0.29) is 51.9 Å². The van der Waals surface area contributed by atoms with Crippen molar-refractivity contribution in [2.75, 3.05) is 6.61 Å². The van der Waals surface area contributed by atoms with Crippen LogP contribution < -0.4 is 29.6 Å². The normalized spacial score (nSPS) is 13.6. The summed E-state index contributed by atoms with van der Waals surface area (Å²) in [5.74, 6) is -0.0248. The molecule has 5 aromatic rings. The SMILES string of the molecule is Cc1nc(CCc2ccc(C(=O)n3ccnc3)s2)cs1.Cc1nc(CCc2ccc(CO)s2)cs1.OC1CCCO1.[B].[H-].[Na+]. The molecule has 2 N–H and O–H groups in total. The molecule has 1 aliphatic rings. The molecule has 8 nitrogen and oxygen atoms in total. The van der Waals surface area contributed by atoms with Crippen molar-refractivity contribution in [3.63, 3.8) is 0 Å². The van der Waals surface area contributed by atoms with Gasteiger partial charge in [-0.3, -0.25) is 9.36 Å². The van der Waals surface area contributed by atoms with Gasteiger partial charge in [-0.25, -0.2) is 15.0 Å². The van der Waals surface area contributed by atoms with Gasteiger partial charge in [-0.2, -0.15) is 0 Å². The Labute approximate surface area is 294 Å². The molecule has 0 aromatic carbocycles. The topological polar surface area (TPSA) is 110 Å². The van der Waals surface area contributed by atoms with Gasteiger partial charge in [0.05, 0.1) is 32.9 Å². The third kappa shape index (κ3) is 12.8. The maximum Gasteiger partial charge on any atom is 1.00 e. The van der Waals surface area contributed by atoms with Crippen molar-refractivity contribution in [3.05, 3.63) is 94.7 Å². The fourth-order valence-corrected chi connectivity index (χ4v) is 7.01. The van der Waals surface area contributed by atoms with E-state index in [1.54, 1.807) is 57.7 Å². The molecule has 43 heavy (non-hydrogen) atoms. The van der Waals surface area contributed by atoms with Gasteiger partial charge in [0, 0.05) is 59.2 Å². The third-order valence-electron chi connectivity index (χ3n) is 5.98. The summed E-state index contributed by atoms with van der Waals surface area (Å²) in [5.41, 5.74) is 2.31. The van der Waals surface area contributed by atoms with Crippen molar-refractivity contribution >= 4 is 59.7 Å². The number of aliphatic hydroxyl groups is 2. The van der Waals surface area contributed by atoms with Crippen molar-refractivity contribution in [3.8, 4) is 0 Å². The molecule has 14 heteroatoms. The average molecular weight is 666 g/mol. The van der Waals surface area contributed by atoms with Crippen LogP contribution in [0.3, 0.4) is 0 Å². The van der Waals surface area contributed by atoms with E-state index < -0.39 is 6.29 Å². The monoisotopic (exact) mass is 665 g/mol. The van der Waals surface area contributed by atoms with E-state index in [2.05, 4.69) is 31.8 Å². The molecular formula is C29H35BN4NaO4S4. The first-order valence-electron chi connectivity index (χ1n) is 13.3. The molecule has 3 radical (unpaired) electrons. The van der Waals surface area contributed by atoms with Gasteiger partial charge in [0.2, 0.25) is 0 Å². The summed E-state index contributed by atoms with van der Waals surface area (Å²) in [6.45, 7) is 4.94. The molecular weight excluding hydrogens is 630 g/mol. The minimum Gasteiger partial charge on any atom is -1.00 e. The smallest absolute Gasteiger partial charge is 1.00 e. The Hall–Kier alpha value is -1.52. The molecule has 0 amide bonds. The van der Waals surface area contributed by atoms with Crippen molar-refractivity contribution in [1.29, 1.82) is 0 Å². The van der Waals surface area contributed by atoms with Crippen LogP contribution in [-0.2, 0) is 37.0 Å². The molecule has 1 unspecified atom stereocenters. The van der Waals surface area contributed by atoms with Crippen LogP contribution in [-0.4, -0.2) is 56.9 Å². The number of aryl methyl sites for hydroxylation is 6. The van der Waals surface area contributed by atoms with Crippen molar-refractivity contribution in [2.24, 2.45) is 0 Å². The number of aromatic nitrogens is 4. The number of ether oxygens (including phenoxy) is 1. The second-order valence-corrected chi connectivity index (χ2v) is 13.8. The standard InChI is InChI=1S/C14H13N3OS2.C11H13NOS2.C4H8O2.B.Na.H/c1-10-16-11(8-19-10)2-3-12-4-5-13(20-12)14(18)17-7-6-15-9-17;1-8-12-9(7-14-8)2-3-10-4-5-11(6-13)15-10;5-4-2-1-3-6-4;;;/h4-9H,2-3H2,1H3;4-5,7,13H,2-3,6H2,1H3;4-5H,1-3H2;;;/q;;;;+1;-1. The second kappa shape index (κ2) is 19.8. The van der Waals surface area contributed by atoms with Gasteiger partial charge in [-0.15, -0.1) is 45.3 Å². The number of thiophene rings is 2. The van der Waals surface area contributed by atoms with Gasteiger partial charge in [-0.1, -0.05) is 0 Å². The van der Waals surface area contributed by atoms with Crippen LogP contribution in [0.25, 0.3) is 0 Å². The number of imidazole rings is 1. The van der Waals surface area contributed by atoms with E-state index in [4.69, 9.17) is 14.9 Å². The summed E-state index contributed by atoms with van der Waals surface area (Å²) >= 11 is 6.60. The molecule has 1 atom stereocenters. The molecule has 0 spiro atoms. The number of hydrogen-bond donors (Lipinski definition) is 2. The van der Waals surface area contributed by atoms with E-state index in [0.29, 0.717) is 0 Å². The predicted molar refractivity (Wildman–Crippen MR) is 173 cm³/mol. The fraction of sp³-hybridized carbons (Fsp3) is 0.379. The first-order chi connectivity index (χ1) is 19.9. The van der Waals surface area contributed by atoms with Gasteiger partial charge in [0.15, 0.2) is 6.29 Å². The molecule has 5 aromatic heterocycles. The Morgan fingerprint density at radius 3 is 2.02 bits per heavy atom. The van der Waals surface area contributed by atoms with Gasteiger partial charge in [0.25, 0.3) is 5.91 Å². The molecule has 0 saturated carbocycles. The Kier molecular flexibility index (Phi) is 17.3. The quantitative estimate of drug-likeness (QED) is 0.246. The third-order valence-corrected chi connectivity index (χ3v) is 9.89. The first kappa shape index (κ1) is 37.7. The van der Waals surface area contributed by atoms with E-state index in [1.807, 2.05) is 32.0 Å². The summed E-state index contributed by atoms with van der Waals surface area (Å²) in [6, 6.07) is 7.99. The molecule has 6 heterocycles. The van der Waals surface area contributed by atoms with Gasteiger partial charge in [0.1, 0.15) is 6.33 Å². The summed E-state index contributed by atoms with van der Waals surface area (Å²) in [4.78, 5) is 29.2. The van der Waals surface area contributed by atoms with Crippen LogP contribution in [0.4, 0.5) is 0 Å². The molecule has 6 rings (SSSR count). The van der Waals surface area contributed by atoms with E-state index in [0.717, 1.165) is 70.6 Å². The Balaban J connectivity index is 0.000000358. The average Bonchev–Trinajstić information content (AvgIpc) is 3.81. The Morgan fingerprint density at radius 1 is 0.977 bits per heavy atom. The predicted octanol–water partition coefficient (Wildman–Crippen LogP) is 2.82. The van der Waals surface area contributed by atoms with Crippen LogP contribution in [0, 0.1) is 13.8 Å². The van der Waals surface area contributed by atoms with Crippen LogP contribution >= 0.6 is 45.3 Å². The summed E-state index contributed by atoms with van der Waals surface area (Å²) in [6.07, 6.45) is 10.0. The van der Waals surface area contributed by atoms with Crippen LogP contribution in [0.2, 0.25) is 0 Å². The van der Waals surface area contributed by atoms with Crippen molar-refractivity contribution in [1.82, 2.24) is 19.5 Å². The zero-order valence-electron chi connectivity index (χ0n) is 25.6. The number of hydrogen-bond acceptors (Lipinski definition) is 11. The minimum atomic E-state index is -0.454. The molecule has 0 aliphatic carbocycles. The molecule has 1 fully saturated rings. The summed E-state index contributed by atoms with van der Waals surface area (Å²) in [5, 5.41) is 23.9. The Bertz CT molecular complexity index is 1490. The summed E-state index contributed by atoms with van der Waals surface area (Å²) < 4.78 is 6.21. The van der Waals surface area contributed by atoms with Gasteiger partial charge < -0.3 is 16.4 Å². The van der Waals surface area contributed by atoms with Crippen LogP contribution in [0.5, 0.6) is 0 Å². The number of carbonyl (C=O) groups is 1. The maximum absolute atomic E-state index is 12.1. The largest absolute Gasteiger partial charge is 1.00 e. The van der Waals surface area contributed by atoms with Crippen molar-refractivity contribution < 1.29 is 50.7 Å². The number of rotatable bonds is 8. The van der Waals surface area contributed by atoms with E-state index in [1.165, 1.54) is 26.3 Å². The summed E-state index contributed by atoms with van der Waals surface area (Å²) in [7, 11) is 0. The number of aliphatic hydroxyl groups excluding tert-OH is 2. The zero-order valence-corrected chi connectivity index (χ0v) is 29.9. The van der Waals surface area contributed by atoms with E-state index >= 15 is 0 Å². The van der Waals surface area contributed by atoms with E-state index in [9.17, 15) is 4.79 Å². The van der Waals surface area contributed by atoms with Gasteiger partial charge >= 0.3 is 29.6 Å². The van der Waals surface area contributed by atoms with Crippen LogP contribution in [0.1, 0.15) is 60.0 Å². The maximum atomic E-state index is 12.1. The number of thiazole rings is 2. The zero-order chi connectivity index (χ0) is 29.0. The van der Waals surface area contributed by atoms with Gasteiger partial charge in [-0.05, 0) is 70.2 Å². The Morgan fingerprint density at radius 2 is 1.58 bits per heavy atom. The number of carbonyl (C=O) groups excluding carboxylic acids is 1. The molecule has 223 valence electrons. The second-order valence-electron chi connectivity index (χ2n) is 9.25. The van der Waals surface area contributed by atoms with Crippen LogP contribution in [0.15, 0.2) is 53.7 Å². The first-order valence-corrected chi connectivity index (χ1v) is 16.7. The minimum absolute atomic E-state index is 0. The molecule has 0 bridgehead atoms. The fourth-order valence-electron chi connectivity index (χ4n) is 3.88. The molecule has 1 aliphatic heterocycles.